The highest BCUT2D eigenvalue weighted by atomic mass is 35.5. The van der Waals surface area contributed by atoms with Crippen molar-refractivity contribution >= 4 is 29.1 Å². The fourth-order valence-corrected chi connectivity index (χ4v) is 3.65. The van der Waals surface area contributed by atoms with Gasteiger partial charge in [-0.1, -0.05) is 28.9 Å². The van der Waals surface area contributed by atoms with Crippen LogP contribution in [0.25, 0.3) is 0 Å². The summed E-state index contributed by atoms with van der Waals surface area (Å²) in [7, 11) is 0. The molecule has 1 unspecified atom stereocenters. The number of aliphatic hydroxyl groups excluding tert-OH is 2. The standard InChI is InChI=1S/C19H24ClN3O5/c1-11-6-15(28-22-11)8-18(26)23-9-14(25)7-17(23)19(27)21-16(10-24)12-2-4-13(20)5-3-12/h2-5,14-17,24-25H,6-10H2,1H3,(H,21,27)/t14-,15?,16+,17+/m1/s1. The van der Waals surface area contributed by atoms with Gasteiger partial charge in [0, 0.05) is 24.4 Å². The summed E-state index contributed by atoms with van der Waals surface area (Å²) in [6.45, 7) is 1.61. The van der Waals surface area contributed by atoms with Crippen LogP contribution in [0.5, 0.6) is 0 Å². The lowest BCUT2D eigenvalue weighted by atomic mass is 10.1. The maximum absolute atomic E-state index is 12.8. The van der Waals surface area contributed by atoms with E-state index in [2.05, 4.69) is 10.5 Å². The molecule has 2 aliphatic rings. The SMILES string of the molecule is CC1=NOC(CC(=O)N2C[C@H](O)C[C@H]2C(=O)N[C@@H](CO)c2ccc(Cl)cc2)C1. The molecule has 0 aromatic heterocycles. The van der Waals surface area contributed by atoms with Crippen molar-refractivity contribution < 1.29 is 24.6 Å². The van der Waals surface area contributed by atoms with Gasteiger partial charge in [-0.05, 0) is 24.6 Å². The van der Waals surface area contributed by atoms with Gasteiger partial charge in [0.2, 0.25) is 11.8 Å². The quantitative estimate of drug-likeness (QED) is 0.649. The van der Waals surface area contributed by atoms with Gasteiger partial charge < -0.3 is 25.3 Å². The molecule has 0 aliphatic carbocycles. The van der Waals surface area contributed by atoms with Crippen LogP contribution in [-0.2, 0) is 14.4 Å². The first-order valence-corrected chi connectivity index (χ1v) is 9.58. The van der Waals surface area contributed by atoms with E-state index >= 15 is 0 Å². The number of benzene rings is 1. The van der Waals surface area contributed by atoms with Crippen molar-refractivity contribution in [3.8, 4) is 0 Å². The van der Waals surface area contributed by atoms with Crippen molar-refractivity contribution in [3.05, 3.63) is 34.9 Å². The van der Waals surface area contributed by atoms with Gasteiger partial charge in [0.15, 0.2) is 0 Å². The van der Waals surface area contributed by atoms with E-state index < -0.39 is 24.1 Å². The summed E-state index contributed by atoms with van der Waals surface area (Å²) < 4.78 is 0. The summed E-state index contributed by atoms with van der Waals surface area (Å²) in [5.41, 5.74) is 1.52. The van der Waals surface area contributed by atoms with E-state index in [4.69, 9.17) is 16.4 Å². The average molecular weight is 410 g/mol. The third-order valence-electron chi connectivity index (χ3n) is 4.96. The van der Waals surface area contributed by atoms with Gasteiger partial charge in [-0.25, -0.2) is 0 Å². The van der Waals surface area contributed by atoms with Crippen LogP contribution in [0.15, 0.2) is 29.4 Å². The molecule has 1 aromatic carbocycles. The zero-order chi connectivity index (χ0) is 20.3. The number of rotatable bonds is 6. The molecule has 2 aliphatic heterocycles. The number of nitrogens with one attached hydrogen (secondary N) is 1. The van der Waals surface area contributed by atoms with Crippen LogP contribution >= 0.6 is 11.6 Å². The van der Waals surface area contributed by atoms with Crippen molar-refractivity contribution in [2.75, 3.05) is 13.2 Å². The number of aliphatic hydroxyl groups is 2. The lowest BCUT2D eigenvalue weighted by Crippen LogP contribution is -2.48. The largest absolute Gasteiger partial charge is 0.394 e. The number of hydrogen-bond acceptors (Lipinski definition) is 6. The van der Waals surface area contributed by atoms with E-state index in [-0.39, 0.29) is 38.0 Å². The van der Waals surface area contributed by atoms with E-state index in [9.17, 15) is 19.8 Å². The topological polar surface area (TPSA) is 111 Å². The number of nitrogens with zero attached hydrogens (tertiary/aromatic N) is 2. The van der Waals surface area contributed by atoms with Crippen LogP contribution in [0.1, 0.15) is 37.8 Å². The molecular weight excluding hydrogens is 386 g/mol. The molecule has 152 valence electrons. The Balaban J connectivity index is 1.64. The van der Waals surface area contributed by atoms with Crippen molar-refractivity contribution in [2.45, 2.75) is 50.5 Å². The second-order valence-electron chi connectivity index (χ2n) is 7.21. The van der Waals surface area contributed by atoms with Gasteiger partial charge in [-0.2, -0.15) is 0 Å². The lowest BCUT2D eigenvalue weighted by molar-refractivity contribution is -0.140. The van der Waals surface area contributed by atoms with Crippen LogP contribution < -0.4 is 5.32 Å². The predicted octanol–water partition coefficient (Wildman–Crippen LogP) is 1.01. The molecule has 0 bridgehead atoms. The monoisotopic (exact) mass is 409 g/mol. The van der Waals surface area contributed by atoms with E-state index in [1.165, 1.54) is 4.90 Å². The van der Waals surface area contributed by atoms with Crippen molar-refractivity contribution in [1.29, 1.82) is 0 Å². The Kier molecular flexibility index (Phi) is 6.53. The zero-order valence-electron chi connectivity index (χ0n) is 15.5. The van der Waals surface area contributed by atoms with Gasteiger partial charge in [-0.3, -0.25) is 9.59 Å². The number of carbonyl (C=O) groups is 2. The Morgan fingerprint density at radius 1 is 1.39 bits per heavy atom. The highest BCUT2D eigenvalue weighted by Crippen LogP contribution is 2.24. The molecule has 1 saturated heterocycles. The molecule has 1 aromatic rings. The van der Waals surface area contributed by atoms with E-state index in [1.807, 2.05) is 6.92 Å². The second-order valence-corrected chi connectivity index (χ2v) is 7.65. The lowest BCUT2D eigenvalue weighted by Gasteiger charge is -2.26. The molecule has 9 heteroatoms. The molecule has 2 amide bonds. The molecule has 0 saturated carbocycles. The van der Waals surface area contributed by atoms with Gasteiger partial charge in [0.25, 0.3) is 0 Å². The Labute approximate surface area is 168 Å². The van der Waals surface area contributed by atoms with Crippen LogP contribution in [0.4, 0.5) is 0 Å². The van der Waals surface area contributed by atoms with Crippen LogP contribution in [0, 0.1) is 0 Å². The zero-order valence-corrected chi connectivity index (χ0v) is 16.3. The summed E-state index contributed by atoms with van der Waals surface area (Å²) in [4.78, 5) is 32.1. The first-order valence-electron chi connectivity index (χ1n) is 9.21. The second kappa shape index (κ2) is 8.89. The highest BCUT2D eigenvalue weighted by molar-refractivity contribution is 6.30. The first-order chi connectivity index (χ1) is 13.4. The number of hydrogen-bond donors (Lipinski definition) is 3. The third kappa shape index (κ3) is 4.81. The number of carbonyl (C=O) groups excluding carboxylic acids is 2. The number of oxime groups is 1. The molecule has 0 radical (unpaired) electrons. The van der Waals surface area contributed by atoms with Gasteiger partial charge in [0.1, 0.15) is 12.1 Å². The molecule has 4 atom stereocenters. The molecule has 8 nitrogen and oxygen atoms in total. The van der Waals surface area contributed by atoms with Crippen molar-refractivity contribution in [3.63, 3.8) is 0 Å². The third-order valence-corrected chi connectivity index (χ3v) is 5.21. The Morgan fingerprint density at radius 2 is 2.11 bits per heavy atom. The molecule has 28 heavy (non-hydrogen) atoms. The fourth-order valence-electron chi connectivity index (χ4n) is 3.53. The minimum Gasteiger partial charge on any atom is -0.394 e. The Morgan fingerprint density at radius 3 is 2.71 bits per heavy atom. The number of β-amino-alcohol motifs (C(OH)–C–C–N with tert-alkyl or cyclic N) is 1. The molecule has 2 heterocycles. The average Bonchev–Trinajstić information content (AvgIpc) is 3.25. The maximum atomic E-state index is 12.8. The number of amides is 2. The molecule has 0 spiro atoms. The molecule has 3 N–H and O–H groups in total. The maximum Gasteiger partial charge on any atom is 0.243 e. The Bertz CT molecular complexity index is 754. The fraction of sp³-hybridized carbons (Fsp3) is 0.526. The van der Waals surface area contributed by atoms with Gasteiger partial charge in [-0.15, -0.1) is 0 Å². The van der Waals surface area contributed by atoms with E-state index in [1.54, 1.807) is 24.3 Å². The summed E-state index contributed by atoms with van der Waals surface area (Å²) in [5, 5.41) is 26.8. The van der Waals surface area contributed by atoms with Crippen LogP contribution in [0.3, 0.4) is 0 Å². The van der Waals surface area contributed by atoms with Gasteiger partial charge in [0.05, 0.1) is 30.9 Å². The molecule has 1 fully saturated rings. The van der Waals surface area contributed by atoms with Crippen LogP contribution in [0.2, 0.25) is 5.02 Å². The van der Waals surface area contributed by atoms with Gasteiger partial charge >= 0.3 is 0 Å². The summed E-state index contributed by atoms with van der Waals surface area (Å²) in [6, 6.07) is 5.35. The highest BCUT2D eigenvalue weighted by Gasteiger charge is 2.40. The van der Waals surface area contributed by atoms with Crippen molar-refractivity contribution in [1.82, 2.24) is 10.2 Å². The summed E-state index contributed by atoms with van der Waals surface area (Å²) >= 11 is 5.88. The minimum atomic E-state index is -0.799. The molecular formula is C19H24ClN3O5. The van der Waals surface area contributed by atoms with E-state index in [0.29, 0.717) is 17.0 Å². The van der Waals surface area contributed by atoms with Crippen LogP contribution in [-0.4, -0.2) is 64.0 Å². The number of halogens is 1. The smallest absolute Gasteiger partial charge is 0.243 e. The first kappa shape index (κ1) is 20.6. The normalized spacial score (nSPS) is 25.2. The summed E-state index contributed by atoms with van der Waals surface area (Å²) in [5.74, 6) is -0.683. The molecule has 3 rings (SSSR count). The minimum absolute atomic E-state index is 0.0915. The predicted molar refractivity (Wildman–Crippen MR) is 103 cm³/mol. The summed E-state index contributed by atoms with van der Waals surface area (Å²) in [6.07, 6.45) is -0.296. The Hall–Kier alpha value is -2.16. The van der Waals surface area contributed by atoms with E-state index in [0.717, 1.165) is 5.71 Å². The van der Waals surface area contributed by atoms with Crippen molar-refractivity contribution in [2.24, 2.45) is 5.16 Å². The number of likely N-dealkylation sites (tertiary alicyclic amines) is 1.